The van der Waals surface area contributed by atoms with E-state index in [0.717, 1.165) is 44.9 Å². The van der Waals surface area contributed by atoms with E-state index in [9.17, 15) is 35.1 Å². The van der Waals surface area contributed by atoms with E-state index in [1.54, 1.807) is 0 Å². The molecule has 4 saturated carbocycles. The summed E-state index contributed by atoms with van der Waals surface area (Å²) < 4.78 is 0. The largest absolute Gasteiger partial charge is 1.00 e. The van der Waals surface area contributed by atoms with Crippen LogP contribution in [0, 0.1) is 46.3 Å². The number of aliphatic hydroxyl groups is 2. The fourth-order valence-corrected chi connectivity index (χ4v) is 9.45. The second-order valence-electron chi connectivity index (χ2n) is 13.2. The summed E-state index contributed by atoms with van der Waals surface area (Å²) in [6.45, 7) is 6.81. The van der Waals surface area contributed by atoms with E-state index in [4.69, 9.17) is 0 Å². The van der Waals surface area contributed by atoms with Crippen LogP contribution in [0.4, 0.5) is 0 Å². The van der Waals surface area contributed by atoms with Crippen molar-refractivity contribution in [1.29, 1.82) is 0 Å². The second-order valence-corrected chi connectivity index (χ2v) is 13.2. The molecule has 8 nitrogen and oxygen atoms in total. The Morgan fingerprint density at radius 1 is 0.949 bits per heavy atom. The molecule has 10 heteroatoms. The molecule has 0 saturated heterocycles. The molecule has 0 heterocycles. The van der Waals surface area contributed by atoms with Gasteiger partial charge < -0.3 is 30.3 Å². The topological polar surface area (TPSA) is 153 Å². The quantitative estimate of drug-likeness (QED) is 0.147. The van der Waals surface area contributed by atoms with Crippen molar-refractivity contribution < 1.29 is 94.2 Å². The van der Waals surface area contributed by atoms with E-state index in [0.29, 0.717) is 30.1 Å². The molecule has 210 valence electrons. The number of aliphatic carboxylic acids is 2. The number of rotatable bonds is 9. The molecule has 4 rings (SSSR count). The first-order valence-corrected chi connectivity index (χ1v) is 14.4. The zero-order valence-electron chi connectivity index (χ0n) is 24.6. The van der Waals surface area contributed by atoms with Gasteiger partial charge in [-0.3, -0.25) is 4.99 Å². The maximum Gasteiger partial charge on any atom is 1.00 e. The maximum atomic E-state index is 12.5. The summed E-state index contributed by atoms with van der Waals surface area (Å²) in [5.41, 5.74) is -0.00426. The predicted molar refractivity (Wildman–Crippen MR) is 134 cm³/mol. The van der Waals surface area contributed by atoms with Gasteiger partial charge in [-0.25, -0.2) is 4.79 Å². The van der Waals surface area contributed by atoms with E-state index < -0.39 is 36.4 Å². The van der Waals surface area contributed by atoms with Crippen LogP contribution in [0.25, 0.3) is 0 Å². The summed E-state index contributed by atoms with van der Waals surface area (Å²) in [7, 11) is 0. The van der Waals surface area contributed by atoms with E-state index >= 15 is 0 Å². The van der Waals surface area contributed by atoms with Gasteiger partial charge in [0.1, 0.15) is 6.04 Å². The van der Waals surface area contributed by atoms with Crippen LogP contribution in [-0.2, 0) is 9.59 Å². The smallest absolute Gasteiger partial charge is 0.862 e. The van der Waals surface area contributed by atoms with Crippen molar-refractivity contribution in [1.82, 2.24) is 0 Å². The van der Waals surface area contributed by atoms with Gasteiger partial charge in [0.15, 0.2) is 0 Å². The SMILES string of the molecule is C[C@H](CCC([O-])=N[C@@H](CCC(=O)[O-])C(=O)O)[C@H]1CC[C@H]2[C@@H]3CCC4C[C@H](O)CC[C@]4(C)[C@H]3C[C@H](O)[C@]12C.[Na+].[Na+]. The summed E-state index contributed by atoms with van der Waals surface area (Å²) in [6, 6.07) is -1.36. The number of carbonyl (C=O) groups excluding carboxylic acids is 1. The second kappa shape index (κ2) is 14.2. The molecule has 4 fully saturated rings. The van der Waals surface area contributed by atoms with E-state index in [1.807, 2.05) is 0 Å². The third-order valence-corrected chi connectivity index (χ3v) is 11.5. The monoisotopic (exact) mass is 565 g/mol. The molecular formula is C29H45NNa2O7. The van der Waals surface area contributed by atoms with Crippen molar-refractivity contribution in [2.24, 2.45) is 51.3 Å². The Kier molecular flexibility index (Phi) is 12.9. The van der Waals surface area contributed by atoms with Crippen LogP contribution in [0.5, 0.6) is 0 Å². The van der Waals surface area contributed by atoms with Gasteiger partial charge in [-0.15, -0.1) is 0 Å². The molecule has 3 N–H and O–H groups in total. The minimum Gasteiger partial charge on any atom is -0.862 e. The Balaban J connectivity index is 0.00000267. The van der Waals surface area contributed by atoms with Gasteiger partial charge in [-0.2, -0.15) is 0 Å². The standard InChI is InChI=1S/C29H47NO7.2Na/c1-16(4-10-25(33)30-23(27(36)37)9-11-26(34)35)20-7-8-21-19-6-5-17-14-18(31)12-13-28(17,2)22(19)15-24(32)29(20,21)3;;/h16-24,31-32H,4-15H2,1-3H3,(H,30,33)(H,34,35)(H,36,37);;/q;2*+1/p-2/t16-,17?,18-,19+,20-,21+,22+,23+,24+,28+,29-;;/m1../s1. The number of carboxylic acids is 2. The predicted octanol–water partition coefficient (Wildman–Crippen LogP) is -3.86. The first-order valence-electron chi connectivity index (χ1n) is 14.4. The molecule has 11 atom stereocenters. The molecule has 39 heavy (non-hydrogen) atoms. The van der Waals surface area contributed by atoms with Gasteiger partial charge in [0, 0.05) is 5.97 Å². The summed E-state index contributed by atoms with van der Waals surface area (Å²) in [5.74, 6) is -0.604. The average molecular weight is 566 g/mol. The van der Waals surface area contributed by atoms with Gasteiger partial charge in [-0.1, -0.05) is 20.8 Å². The van der Waals surface area contributed by atoms with Crippen molar-refractivity contribution in [3.05, 3.63) is 0 Å². The molecular weight excluding hydrogens is 520 g/mol. The molecule has 4 aliphatic rings. The number of aliphatic hydroxyl groups excluding tert-OH is 2. The molecule has 0 bridgehead atoms. The summed E-state index contributed by atoms with van der Waals surface area (Å²) in [4.78, 5) is 25.8. The summed E-state index contributed by atoms with van der Waals surface area (Å²) in [5, 5.41) is 54.4. The fraction of sp³-hybridized carbons (Fsp3) is 0.897. The molecule has 0 spiro atoms. The van der Waals surface area contributed by atoms with E-state index in [1.165, 1.54) is 6.42 Å². The normalized spacial score (nSPS) is 41.1. The number of nitrogens with zero attached hydrogens (tertiary/aromatic N) is 1. The van der Waals surface area contributed by atoms with Crippen molar-refractivity contribution >= 4 is 17.8 Å². The third kappa shape index (κ3) is 7.11. The van der Waals surface area contributed by atoms with Gasteiger partial charge in [0.2, 0.25) is 0 Å². The van der Waals surface area contributed by atoms with Crippen LogP contribution in [0.3, 0.4) is 0 Å². The first-order chi connectivity index (χ1) is 17.4. The average Bonchev–Trinajstić information content (AvgIpc) is 3.20. The van der Waals surface area contributed by atoms with Crippen molar-refractivity contribution in [2.45, 2.75) is 116 Å². The van der Waals surface area contributed by atoms with Crippen LogP contribution in [0.2, 0.25) is 0 Å². The molecule has 1 unspecified atom stereocenters. The Morgan fingerprint density at radius 3 is 2.28 bits per heavy atom. The van der Waals surface area contributed by atoms with Crippen molar-refractivity contribution in [3.63, 3.8) is 0 Å². The van der Waals surface area contributed by atoms with Crippen LogP contribution in [-0.4, -0.2) is 51.4 Å². The first kappa shape index (κ1) is 35.5. The molecule has 0 radical (unpaired) electrons. The summed E-state index contributed by atoms with van der Waals surface area (Å²) >= 11 is 0. The van der Waals surface area contributed by atoms with Crippen molar-refractivity contribution in [3.8, 4) is 0 Å². The number of carbonyl (C=O) groups is 2. The minimum absolute atomic E-state index is 0. The Hall–Kier alpha value is 0.330. The molecule has 0 aromatic carbocycles. The Labute approximate surface area is 277 Å². The van der Waals surface area contributed by atoms with Crippen molar-refractivity contribution in [2.75, 3.05) is 0 Å². The number of hydrogen-bond acceptors (Lipinski definition) is 7. The van der Waals surface area contributed by atoms with Gasteiger partial charge in [0.05, 0.1) is 12.2 Å². The Bertz CT molecular complexity index is 903. The van der Waals surface area contributed by atoms with Crippen LogP contribution >= 0.6 is 0 Å². The third-order valence-electron chi connectivity index (χ3n) is 11.5. The summed E-state index contributed by atoms with van der Waals surface area (Å²) in [6.07, 6.45) is 7.48. The molecule has 0 aromatic heterocycles. The number of hydrogen-bond donors (Lipinski definition) is 3. The molecule has 0 amide bonds. The van der Waals surface area contributed by atoms with Gasteiger partial charge in [0.25, 0.3) is 0 Å². The van der Waals surface area contributed by atoms with Crippen LogP contribution in [0.1, 0.15) is 97.8 Å². The molecule has 0 aliphatic heterocycles. The van der Waals surface area contributed by atoms with Crippen LogP contribution < -0.4 is 69.3 Å². The Morgan fingerprint density at radius 2 is 1.64 bits per heavy atom. The number of aliphatic imine (C=N–C) groups is 1. The van der Waals surface area contributed by atoms with Gasteiger partial charge in [-0.05, 0) is 129 Å². The maximum absolute atomic E-state index is 12.5. The van der Waals surface area contributed by atoms with Gasteiger partial charge >= 0.3 is 65.1 Å². The fourth-order valence-electron chi connectivity index (χ4n) is 9.45. The zero-order chi connectivity index (χ0) is 27.1. The zero-order valence-corrected chi connectivity index (χ0v) is 28.6. The van der Waals surface area contributed by atoms with Crippen LogP contribution in [0.15, 0.2) is 4.99 Å². The minimum atomic E-state index is -1.36. The number of fused-ring (bicyclic) bond motifs is 5. The van der Waals surface area contributed by atoms with E-state index in [-0.39, 0.29) is 101 Å². The van der Waals surface area contributed by atoms with E-state index in [2.05, 4.69) is 25.8 Å². The molecule has 0 aromatic rings. The molecule has 4 aliphatic carbocycles. The number of carboxylic acid groups (broad SMARTS) is 2.